The number of terminal acetylenes is 2. The summed E-state index contributed by atoms with van der Waals surface area (Å²) in [4.78, 5) is 0. The van der Waals surface area contributed by atoms with Gasteiger partial charge in [0, 0.05) is 47.4 Å². The van der Waals surface area contributed by atoms with Crippen molar-refractivity contribution in [1.29, 1.82) is 5.53 Å². The maximum absolute atomic E-state index is 9.23. The molecule has 0 saturated carbocycles. The Bertz CT molecular complexity index is 587. The molecule has 0 radical (unpaired) electrons. The van der Waals surface area contributed by atoms with Gasteiger partial charge >= 0.3 is 0 Å². The third-order valence-corrected chi connectivity index (χ3v) is 4.43. The summed E-state index contributed by atoms with van der Waals surface area (Å²) in [5, 5.41) is 17.7. The van der Waals surface area contributed by atoms with E-state index < -0.39 is 14.3 Å². The summed E-state index contributed by atoms with van der Waals surface area (Å²) in [7, 11) is 3.56. The highest BCUT2D eigenvalue weighted by Gasteiger charge is 2.18. The lowest BCUT2D eigenvalue weighted by Gasteiger charge is -2.24. The summed E-state index contributed by atoms with van der Waals surface area (Å²) in [6.07, 6.45) is 6.54. The Morgan fingerprint density at radius 3 is 1.91 bits per heavy atom. The van der Waals surface area contributed by atoms with Gasteiger partial charge in [0.05, 0.1) is 12.2 Å². The maximum atomic E-state index is 9.23. The first-order chi connectivity index (χ1) is 18.2. The quantitative estimate of drug-likeness (QED) is 0.0869. The molecule has 8 atom stereocenters. The molecule has 0 heterocycles. The minimum atomic E-state index is -0.818. The van der Waals surface area contributed by atoms with E-state index >= 15 is 0 Å². The van der Waals surface area contributed by atoms with Gasteiger partial charge in [-0.05, 0) is 28.0 Å². The van der Waals surface area contributed by atoms with Crippen molar-refractivity contribution in [3.63, 3.8) is 0 Å². The van der Waals surface area contributed by atoms with Crippen molar-refractivity contribution >= 4 is 89.1 Å². The van der Waals surface area contributed by atoms with Gasteiger partial charge in [0.1, 0.15) is 2.74 Å². The van der Waals surface area contributed by atoms with Gasteiger partial charge in [-0.25, -0.2) is 25.0 Å². The van der Waals surface area contributed by atoms with E-state index in [2.05, 4.69) is 96.9 Å². The molecule has 0 spiro atoms. The van der Waals surface area contributed by atoms with Crippen molar-refractivity contribution < 1.29 is 24.0 Å². The zero-order valence-corrected chi connectivity index (χ0v) is 26.7. The lowest BCUT2D eigenvalue weighted by Crippen LogP contribution is -2.22. The van der Waals surface area contributed by atoms with E-state index in [0.717, 1.165) is 0 Å². The highest BCUT2D eigenvalue weighted by molar-refractivity contribution is 8.20. The molecule has 32 heavy (non-hydrogen) atoms. The standard InChI is InChI=1S/C10H19O2P.C7H12O2.2CH4S.2BH4PS/c1-5-7-10(9(3)8-11)12-13(4)6-2;1-3-4-7(9)6(2)5-8;2*1-2;2*2-1-3/h1,9-11H,6-8H2,2-4H3;1,6-9H,4-5H2,2H3;2*2H,1H3;2*1,3H,2H2/t9-,10?,13?;6-,7-;;;;/m00..../s1/i1T,6T,11T;1T,8T;;;2*1D/t6?,9-,10?,13?;m;;;;. The first-order valence-electron chi connectivity index (χ1n) is 12.8. The van der Waals surface area contributed by atoms with Crippen LogP contribution in [0.15, 0.2) is 0 Å². The summed E-state index contributed by atoms with van der Waals surface area (Å²) in [5.41, 5.74) is 0. The van der Waals surface area contributed by atoms with Crippen LogP contribution in [0.2, 0.25) is 0 Å². The summed E-state index contributed by atoms with van der Waals surface area (Å²) < 4.78 is 52.6. The van der Waals surface area contributed by atoms with Gasteiger partial charge in [-0.3, -0.25) is 0 Å². The fourth-order valence-corrected chi connectivity index (χ4v) is 2.07. The van der Waals surface area contributed by atoms with Crippen molar-refractivity contribution in [2.75, 3.05) is 38.5 Å². The lowest BCUT2D eigenvalue weighted by molar-refractivity contribution is 0.0811. The summed E-state index contributed by atoms with van der Waals surface area (Å²) in [5.74, 6) is 5.03. The molecule has 0 amide bonds. The van der Waals surface area contributed by atoms with Crippen molar-refractivity contribution in [2.45, 2.75) is 45.8 Å². The maximum Gasteiger partial charge on any atom is 0.210 e. The molecule has 0 rings (SSSR count). The molecular weight excluding hydrogens is 535 g/mol. The van der Waals surface area contributed by atoms with Crippen molar-refractivity contribution in [1.82, 2.24) is 0 Å². The molecule has 13 heteroatoms. The number of hydrogen-bond acceptors (Lipinski definition) is 8. The molecule has 0 saturated heterocycles. The third kappa shape index (κ3) is 45.3. The Hall–Kier alpha value is 1.78. The van der Waals surface area contributed by atoms with Gasteiger partial charge in [-0.2, -0.15) is 43.5 Å². The summed E-state index contributed by atoms with van der Waals surface area (Å²) in [6, 6.07) is 0. The fraction of sp³-hybridized carbons (Fsp3) is 0.789. The van der Waals surface area contributed by atoms with Gasteiger partial charge < -0.3 is 19.8 Å². The second-order valence-corrected chi connectivity index (χ2v) is 9.57. The van der Waals surface area contributed by atoms with Crippen LogP contribution in [0.1, 0.15) is 37.7 Å². The average molecular weight is 594 g/mol. The average Bonchev–Trinajstić information content (AvgIpc) is 2.87. The van der Waals surface area contributed by atoms with Gasteiger partial charge in [-0.1, -0.05) is 20.8 Å². The third-order valence-electron chi connectivity index (χ3n) is 3.10. The van der Waals surface area contributed by atoms with E-state index in [0.29, 0.717) is 6.42 Å². The highest BCUT2D eigenvalue weighted by Crippen LogP contribution is 2.35. The monoisotopic (exact) mass is 594 g/mol. The Labute approximate surface area is 238 Å². The Kier molecular flexibility index (Phi) is 43.3. The van der Waals surface area contributed by atoms with Crippen LogP contribution < -0.4 is 0 Å². The Balaban J connectivity index is -0.000000102. The minimum Gasteiger partial charge on any atom is -0.396 e. The van der Waals surface area contributed by atoms with E-state index in [1.807, 2.05) is 20.0 Å². The van der Waals surface area contributed by atoms with Crippen LogP contribution in [0.25, 0.3) is 0 Å². The predicted molar refractivity (Wildman–Crippen MR) is 175 cm³/mol. The summed E-state index contributed by atoms with van der Waals surface area (Å²) in [6.45, 7) is 7.86. The van der Waals surface area contributed by atoms with Crippen LogP contribution in [-0.4, -0.2) is 84.1 Å². The number of hydrogen-bond donors (Lipinski definition) is 7. The minimum absolute atomic E-state index is 0.0436. The molecule has 5 unspecified atom stereocenters. The molecule has 0 aromatic heterocycles. The first-order valence-corrected chi connectivity index (χ1v) is 15.2. The number of rotatable bonds is 11. The molecule has 0 aromatic carbocycles. The molecule has 0 aliphatic rings. The Morgan fingerprint density at radius 2 is 1.53 bits per heavy atom. The van der Waals surface area contributed by atoms with Crippen LogP contribution in [0.5, 0.6) is 0 Å². The molecule has 192 valence electrons. The van der Waals surface area contributed by atoms with Crippen LogP contribution in [0.4, 0.5) is 0 Å². The van der Waals surface area contributed by atoms with Gasteiger partial charge in [-0.15, -0.1) is 24.6 Å². The van der Waals surface area contributed by atoms with Gasteiger partial charge in [0.25, 0.3) is 0 Å². The fourth-order valence-electron chi connectivity index (χ4n) is 1.24. The predicted octanol–water partition coefficient (Wildman–Crippen LogP) is 3.28. The molecule has 4 nitrogen and oxygen atoms in total. The highest BCUT2D eigenvalue weighted by atomic mass is 32.1. The van der Waals surface area contributed by atoms with Gasteiger partial charge in [0.15, 0.2) is 0 Å². The topological polar surface area (TPSA) is 69.9 Å². The zero-order chi connectivity index (χ0) is 32.4. The van der Waals surface area contributed by atoms with E-state index in [4.69, 9.17) is 14.2 Å². The number of thiol groups is 4. The molecule has 3 N–H and O–H groups in total. The molecule has 0 aliphatic heterocycles. The lowest BCUT2D eigenvalue weighted by atomic mass is 10.0. The van der Waals surface area contributed by atoms with Crippen LogP contribution in [-0.2, 0) is 4.52 Å². The second-order valence-electron chi connectivity index (χ2n) is 5.36. The SMILES string of the molecule is CS.CS.[2H]B(P)S.[2H]B(P)S.[3H]C#CCC(OP(C)C([3H])C)[C@@H](C)CO[3H].[3H]C#CC[C@H](O)[C@@H](C)CO[3H]. The molecular formula is C19H47B2O4P3S4. The molecule has 0 bridgehead atoms. The molecule has 0 fully saturated rings. The summed E-state index contributed by atoms with van der Waals surface area (Å²) >= 11 is 14.2. The first kappa shape index (κ1) is 30.0. The van der Waals surface area contributed by atoms with Crippen molar-refractivity contribution in [3.05, 3.63) is 0 Å². The van der Waals surface area contributed by atoms with Crippen LogP contribution >= 0.6 is 76.6 Å². The molecule has 0 aliphatic carbocycles. The van der Waals surface area contributed by atoms with E-state index in [9.17, 15) is 5.11 Å². The van der Waals surface area contributed by atoms with Crippen molar-refractivity contribution in [2.24, 2.45) is 11.8 Å². The normalized spacial score (nSPS) is 16.5. The van der Waals surface area contributed by atoms with Crippen LogP contribution in [0.3, 0.4) is 0 Å². The van der Waals surface area contributed by atoms with Gasteiger partial charge in [0.2, 0.25) is 15.3 Å². The molecule has 0 aromatic rings. The smallest absolute Gasteiger partial charge is 0.210 e. The zero-order valence-electron chi connectivity index (χ0n) is 26.9. The van der Waals surface area contributed by atoms with Crippen molar-refractivity contribution in [3.8, 4) is 24.6 Å². The number of aliphatic hydroxyl groups is 3. The second kappa shape index (κ2) is 46.2. The Morgan fingerprint density at radius 1 is 1.12 bits per heavy atom. The number of aliphatic hydroxyl groups excluding tert-OH is 3. The largest absolute Gasteiger partial charge is 0.396 e. The van der Waals surface area contributed by atoms with Crippen LogP contribution in [0, 0.1) is 36.5 Å². The van der Waals surface area contributed by atoms with E-state index in [1.165, 1.54) is 0 Å². The van der Waals surface area contributed by atoms with E-state index in [1.54, 1.807) is 26.4 Å². The van der Waals surface area contributed by atoms with E-state index in [-0.39, 0.29) is 56.2 Å².